The fourth-order valence-corrected chi connectivity index (χ4v) is 3.89. The van der Waals surface area contributed by atoms with Crippen molar-refractivity contribution >= 4 is 5.91 Å². The average molecular weight is 356 g/mol. The van der Waals surface area contributed by atoms with Gasteiger partial charge in [0.2, 0.25) is 0 Å². The van der Waals surface area contributed by atoms with Crippen LogP contribution in [0.15, 0.2) is 36.8 Å². The number of carbonyl (C=O) groups is 1. The van der Waals surface area contributed by atoms with Crippen LogP contribution in [0.1, 0.15) is 36.2 Å². The van der Waals surface area contributed by atoms with E-state index in [1.54, 1.807) is 18.5 Å². The number of carbonyl (C=O) groups excluding carboxylic acids is 1. The highest BCUT2D eigenvalue weighted by Gasteiger charge is 2.42. The second kappa shape index (κ2) is 7.07. The van der Waals surface area contributed by atoms with Crippen molar-refractivity contribution in [1.29, 1.82) is 0 Å². The Bertz CT molecular complexity index is 753. The van der Waals surface area contributed by atoms with Gasteiger partial charge in [0.1, 0.15) is 11.8 Å². The Labute approximate surface area is 152 Å². The lowest BCUT2D eigenvalue weighted by molar-refractivity contribution is -0.136. The van der Waals surface area contributed by atoms with E-state index in [1.807, 2.05) is 34.8 Å². The van der Waals surface area contributed by atoms with Gasteiger partial charge in [-0.2, -0.15) is 0 Å². The molecule has 1 spiro atoms. The number of aryl methyl sites for hydroxylation is 1. The number of ether oxygens (including phenoxy) is 2. The molecule has 1 atom stereocenters. The van der Waals surface area contributed by atoms with E-state index in [1.165, 1.54) is 0 Å². The molecule has 26 heavy (non-hydrogen) atoms. The highest BCUT2D eigenvalue weighted by molar-refractivity contribution is 5.92. The molecule has 0 aromatic carbocycles. The van der Waals surface area contributed by atoms with Gasteiger partial charge in [0.05, 0.1) is 12.2 Å². The van der Waals surface area contributed by atoms with Crippen molar-refractivity contribution in [2.75, 3.05) is 19.7 Å². The zero-order valence-corrected chi connectivity index (χ0v) is 15.0. The van der Waals surface area contributed by atoms with Crippen molar-refractivity contribution in [2.45, 2.75) is 37.4 Å². The minimum Gasteiger partial charge on any atom is -0.460 e. The maximum Gasteiger partial charge on any atom is 0.316 e. The van der Waals surface area contributed by atoms with Crippen LogP contribution in [-0.2, 0) is 11.8 Å². The molecule has 4 heterocycles. The number of rotatable bonds is 3. The maximum atomic E-state index is 12.7. The van der Waals surface area contributed by atoms with Gasteiger partial charge in [-0.25, -0.2) is 9.97 Å². The Hall–Kier alpha value is -2.41. The molecule has 2 aromatic rings. The lowest BCUT2D eigenvalue weighted by atomic mass is 9.83. The summed E-state index contributed by atoms with van der Waals surface area (Å²) < 4.78 is 14.0. The van der Waals surface area contributed by atoms with Crippen molar-refractivity contribution < 1.29 is 14.3 Å². The minimum atomic E-state index is -0.206. The number of aromatic nitrogens is 3. The molecule has 2 aromatic heterocycles. The van der Waals surface area contributed by atoms with E-state index in [9.17, 15) is 4.79 Å². The normalized spacial score (nSPS) is 22.3. The Morgan fingerprint density at radius 3 is 2.73 bits per heavy atom. The molecule has 2 saturated heterocycles. The molecule has 138 valence electrons. The summed E-state index contributed by atoms with van der Waals surface area (Å²) in [5.74, 6) is 0.0913. The van der Waals surface area contributed by atoms with Crippen LogP contribution < -0.4 is 4.74 Å². The van der Waals surface area contributed by atoms with Crippen LogP contribution in [0, 0.1) is 0 Å². The third-order valence-corrected chi connectivity index (χ3v) is 5.39. The smallest absolute Gasteiger partial charge is 0.316 e. The van der Waals surface area contributed by atoms with E-state index < -0.39 is 0 Å². The highest BCUT2D eigenvalue weighted by atomic mass is 16.5. The van der Waals surface area contributed by atoms with E-state index in [2.05, 4.69) is 9.97 Å². The fourth-order valence-electron chi connectivity index (χ4n) is 3.89. The molecule has 4 rings (SSSR count). The summed E-state index contributed by atoms with van der Waals surface area (Å²) in [6.07, 6.45) is 8.65. The van der Waals surface area contributed by atoms with Gasteiger partial charge in [0, 0.05) is 51.6 Å². The molecule has 2 fully saturated rings. The molecular weight excluding hydrogens is 332 g/mol. The van der Waals surface area contributed by atoms with E-state index in [0.29, 0.717) is 25.7 Å². The summed E-state index contributed by atoms with van der Waals surface area (Å²) in [5.41, 5.74) is 0.524. The SMILES string of the molecule is Cn1cccc1C(=O)N1CCC2(CC1)CC(Oc1ncccn1)CCO2. The first-order valence-electron chi connectivity index (χ1n) is 9.13. The largest absolute Gasteiger partial charge is 0.460 e. The predicted molar refractivity (Wildman–Crippen MR) is 94.9 cm³/mol. The standard InChI is InChI=1S/C19H24N4O3/c1-22-10-2-4-16(22)17(24)23-11-6-19(7-12-23)14-15(5-13-25-19)26-18-20-8-3-9-21-18/h2-4,8-10,15H,5-7,11-14H2,1H3. The summed E-state index contributed by atoms with van der Waals surface area (Å²) >= 11 is 0. The number of nitrogens with zero attached hydrogens (tertiary/aromatic N) is 4. The van der Waals surface area contributed by atoms with Crippen molar-refractivity contribution in [3.63, 3.8) is 0 Å². The van der Waals surface area contributed by atoms with Crippen LogP contribution in [0.2, 0.25) is 0 Å². The Morgan fingerprint density at radius 2 is 2.04 bits per heavy atom. The summed E-state index contributed by atoms with van der Waals surface area (Å²) in [7, 11) is 1.90. The maximum absolute atomic E-state index is 12.7. The van der Waals surface area contributed by atoms with Crippen LogP contribution in [0.4, 0.5) is 0 Å². The van der Waals surface area contributed by atoms with Crippen LogP contribution in [0.3, 0.4) is 0 Å². The van der Waals surface area contributed by atoms with Crippen molar-refractivity contribution in [3.05, 3.63) is 42.5 Å². The van der Waals surface area contributed by atoms with E-state index >= 15 is 0 Å². The monoisotopic (exact) mass is 356 g/mol. The molecule has 0 bridgehead atoms. The Morgan fingerprint density at radius 1 is 1.27 bits per heavy atom. The highest BCUT2D eigenvalue weighted by Crippen LogP contribution is 2.36. The van der Waals surface area contributed by atoms with Crippen molar-refractivity contribution in [3.8, 4) is 6.01 Å². The third-order valence-electron chi connectivity index (χ3n) is 5.39. The average Bonchev–Trinajstić information content (AvgIpc) is 3.09. The molecule has 7 nitrogen and oxygen atoms in total. The van der Waals surface area contributed by atoms with Gasteiger partial charge in [0.15, 0.2) is 0 Å². The van der Waals surface area contributed by atoms with Crippen molar-refractivity contribution in [2.24, 2.45) is 7.05 Å². The first-order valence-corrected chi connectivity index (χ1v) is 9.13. The number of hydrogen-bond donors (Lipinski definition) is 0. The van der Waals surface area contributed by atoms with Crippen molar-refractivity contribution in [1.82, 2.24) is 19.4 Å². The van der Waals surface area contributed by atoms with Gasteiger partial charge in [-0.05, 0) is 31.0 Å². The Kier molecular flexibility index (Phi) is 4.63. The summed E-state index contributed by atoms with van der Waals surface area (Å²) in [6, 6.07) is 5.97. The molecule has 7 heteroatoms. The molecule has 2 aliphatic rings. The van der Waals surface area contributed by atoms with E-state index in [4.69, 9.17) is 9.47 Å². The van der Waals surface area contributed by atoms with Crippen LogP contribution >= 0.6 is 0 Å². The van der Waals surface area contributed by atoms with Crippen LogP contribution in [-0.4, -0.2) is 56.7 Å². The second-order valence-corrected chi connectivity index (χ2v) is 7.09. The molecule has 1 amide bonds. The first kappa shape index (κ1) is 17.0. The van der Waals surface area contributed by atoms with Crippen LogP contribution in [0.25, 0.3) is 0 Å². The van der Waals surface area contributed by atoms with E-state index in [0.717, 1.165) is 31.4 Å². The van der Waals surface area contributed by atoms with Gasteiger partial charge in [-0.3, -0.25) is 4.79 Å². The molecule has 2 aliphatic heterocycles. The predicted octanol–water partition coefficient (Wildman–Crippen LogP) is 2.05. The fraction of sp³-hybridized carbons (Fsp3) is 0.526. The topological polar surface area (TPSA) is 69.5 Å². The molecule has 0 saturated carbocycles. The number of likely N-dealkylation sites (tertiary alicyclic amines) is 1. The quantitative estimate of drug-likeness (QED) is 0.842. The lowest BCUT2D eigenvalue weighted by Crippen LogP contribution is -2.52. The second-order valence-electron chi connectivity index (χ2n) is 7.09. The summed E-state index contributed by atoms with van der Waals surface area (Å²) in [6.45, 7) is 2.08. The van der Waals surface area contributed by atoms with Gasteiger partial charge >= 0.3 is 6.01 Å². The summed E-state index contributed by atoms with van der Waals surface area (Å²) in [5, 5.41) is 0. The number of piperidine rings is 1. The van der Waals surface area contributed by atoms with Gasteiger partial charge in [-0.1, -0.05) is 0 Å². The van der Waals surface area contributed by atoms with Gasteiger partial charge < -0.3 is 18.9 Å². The van der Waals surface area contributed by atoms with E-state index in [-0.39, 0.29) is 17.6 Å². The van der Waals surface area contributed by atoms with Crippen LogP contribution in [0.5, 0.6) is 6.01 Å². The first-order chi connectivity index (χ1) is 12.7. The minimum absolute atomic E-state index is 0.0567. The molecule has 1 unspecified atom stereocenters. The van der Waals surface area contributed by atoms with Gasteiger partial charge in [0.25, 0.3) is 5.91 Å². The molecule has 0 N–H and O–H groups in total. The lowest BCUT2D eigenvalue weighted by Gasteiger charge is -2.45. The molecule has 0 aliphatic carbocycles. The zero-order chi connectivity index (χ0) is 18.0. The zero-order valence-electron chi connectivity index (χ0n) is 15.0. The summed E-state index contributed by atoms with van der Waals surface area (Å²) in [4.78, 5) is 22.9. The molecule has 0 radical (unpaired) electrons. The number of amides is 1. The van der Waals surface area contributed by atoms with Gasteiger partial charge in [-0.15, -0.1) is 0 Å². The molecular formula is C19H24N4O3. The third kappa shape index (κ3) is 3.44. The number of hydrogen-bond acceptors (Lipinski definition) is 5. The Balaban J connectivity index is 1.37.